The van der Waals surface area contributed by atoms with Gasteiger partial charge in [0.2, 0.25) is 11.8 Å². The highest BCUT2D eigenvalue weighted by Gasteiger charge is 2.42. The van der Waals surface area contributed by atoms with Crippen LogP contribution in [0.15, 0.2) is 91.5 Å². The Bertz CT molecular complexity index is 1370. The highest BCUT2D eigenvalue weighted by atomic mass is 16.5. The molecule has 0 radical (unpaired) electrons. The summed E-state index contributed by atoms with van der Waals surface area (Å²) in [6, 6.07) is 21.9. The Hall–Kier alpha value is -4.59. The molecule has 1 fully saturated rings. The minimum absolute atomic E-state index is 0.0465. The maximum absolute atomic E-state index is 13.7. The van der Waals surface area contributed by atoms with Gasteiger partial charge >= 0.3 is 0 Å². The molecule has 0 spiro atoms. The summed E-state index contributed by atoms with van der Waals surface area (Å²) in [5, 5.41) is 3.06. The Kier molecular flexibility index (Phi) is 6.89. The van der Waals surface area contributed by atoms with Crippen molar-refractivity contribution in [3.05, 3.63) is 97.1 Å². The lowest BCUT2D eigenvalue weighted by Crippen LogP contribution is -2.47. The van der Waals surface area contributed by atoms with Crippen molar-refractivity contribution in [3.8, 4) is 17.2 Å². The maximum atomic E-state index is 13.7. The van der Waals surface area contributed by atoms with Gasteiger partial charge in [-0.25, -0.2) is 4.98 Å². The topological polar surface area (TPSA) is 85.7 Å². The molecule has 4 aromatic rings. The largest absolute Gasteiger partial charge is 0.497 e. The second-order valence-electron chi connectivity index (χ2n) is 8.80. The first-order valence-corrected chi connectivity index (χ1v) is 12.1. The van der Waals surface area contributed by atoms with Crippen LogP contribution in [-0.4, -0.2) is 35.6 Å². The van der Waals surface area contributed by atoms with E-state index < -0.39 is 12.0 Å². The summed E-state index contributed by atoms with van der Waals surface area (Å²) >= 11 is 0. The second-order valence-corrected chi connectivity index (χ2v) is 8.80. The lowest BCUT2D eigenvalue weighted by atomic mass is 9.82. The van der Waals surface area contributed by atoms with Crippen LogP contribution in [0.25, 0.3) is 5.69 Å². The van der Waals surface area contributed by atoms with Gasteiger partial charge in [-0.15, -0.1) is 0 Å². The zero-order valence-corrected chi connectivity index (χ0v) is 20.7. The van der Waals surface area contributed by atoms with Crippen LogP contribution in [0.1, 0.15) is 24.4 Å². The minimum atomic E-state index is -0.545. The maximum Gasteiger partial charge on any atom is 0.229 e. The van der Waals surface area contributed by atoms with E-state index >= 15 is 0 Å². The number of carbonyl (C=O) groups is 2. The number of hydrogen-bond donors (Lipinski definition) is 1. The number of nitrogens with zero attached hydrogens (tertiary/aromatic N) is 3. The van der Waals surface area contributed by atoms with E-state index in [1.165, 1.54) is 0 Å². The van der Waals surface area contributed by atoms with Crippen molar-refractivity contribution in [2.24, 2.45) is 5.92 Å². The molecule has 5 rings (SSSR count). The number of amides is 2. The number of para-hydroxylation sites is 1. The Morgan fingerprint density at radius 1 is 0.946 bits per heavy atom. The highest BCUT2D eigenvalue weighted by molar-refractivity contribution is 6.00. The molecule has 2 amide bonds. The van der Waals surface area contributed by atoms with Gasteiger partial charge < -0.3 is 24.3 Å². The normalized spacial score (nSPS) is 17.4. The van der Waals surface area contributed by atoms with Crippen molar-refractivity contribution in [3.63, 3.8) is 0 Å². The van der Waals surface area contributed by atoms with E-state index in [1.54, 1.807) is 31.6 Å². The molecule has 1 saturated heterocycles. The lowest BCUT2D eigenvalue weighted by molar-refractivity contribution is -0.125. The minimum Gasteiger partial charge on any atom is -0.497 e. The molecule has 2 heterocycles. The van der Waals surface area contributed by atoms with Gasteiger partial charge in [0.15, 0.2) is 0 Å². The summed E-state index contributed by atoms with van der Waals surface area (Å²) in [6.45, 7) is 0. The zero-order valence-electron chi connectivity index (χ0n) is 20.7. The monoisotopic (exact) mass is 496 g/mol. The quantitative estimate of drug-likeness (QED) is 0.389. The molecular formula is C29H28N4O4. The Morgan fingerprint density at radius 3 is 2.35 bits per heavy atom. The van der Waals surface area contributed by atoms with Crippen LogP contribution in [-0.2, 0) is 9.59 Å². The standard InChI is InChI=1S/C29H28N4O4/c1-36-23-13-11-22(12-14-23)33-27(34)16-15-25(28(33)24-5-3-4-6-26(24)37-2)29(35)31-20-7-9-21(10-8-20)32-18-17-30-19-32/h3-14,17-19,25,28H,15-16H2,1-2H3,(H,31,35)/t25-,28+/m0/s1. The summed E-state index contributed by atoms with van der Waals surface area (Å²) < 4.78 is 12.8. The third-order valence-electron chi connectivity index (χ3n) is 6.68. The molecule has 2 atom stereocenters. The fourth-order valence-corrected chi connectivity index (χ4v) is 4.84. The molecular weight excluding hydrogens is 468 g/mol. The van der Waals surface area contributed by atoms with Gasteiger partial charge in [-0.05, 0) is 61.0 Å². The number of imidazole rings is 1. The Balaban J connectivity index is 1.49. The van der Waals surface area contributed by atoms with Gasteiger partial charge in [-0.2, -0.15) is 0 Å². The molecule has 1 aliphatic heterocycles. The van der Waals surface area contributed by atoms with Crippen molar-refractivity contribution in [1.82, 2.24) is 9.55 Å². The predicted molar refractivity (Wildman–Crippen MR) is 141 cm³/mol. The molecule has 8 heteroatoms. The van der Waals surface area contributed by atoms with E-state index in [2.05, 4.69) is 10.3 Å². The Labute approximate surface area is 215 Å². The van der Waals surface area contributed by atoms with Gasteiger partial charge in [0.05, 0.1) is 32.5 Å². The molecule has 37 heavy (non-hydrogen) atoms. The van der Waals surface area contributed by atoms with Crippen LogP contribution in [0.3, 0.4) is 0 Å². The average Bonchev–Trinajstić information content (AvgIpc) is 3.48. The van der Waals surface area contributed by atoms with Crippen molar-refractivity contribution in [2.75, 3.05) is 24.4 Å². The summed E-state index contributed by atoms with van der Waals surface area (Å²) in [5.74, 6) is 0.621. The van der Waals surface area contributed by atoms with Gasteiger partial charge in [-0.1, -0.05) is 18.2 Å². The zero-order chi connectivity index (χ0) is 25.8. The van der Waals surface area contributed by atoms with E-state index in [4.69, 9.17) is 9.47 Å². The molecule has 8 nitrogen and oxygen atoms in total. The molecule has 1 aromatic heterocycles. The first-order chi connectivity index (χ1) is 18.1. The molecule has 188 valence electrons. The summed E-state index contributed by atoms with van der Waals surface area (Å²) in [4.78, 5) is 32.8. The number of aromatic nitrogens is 2. The third kappa shape index (κ3) is 4.91. The Morgan fingerprint density at radius 2 is 1.68 bits per heavy atom. The first kappa shape index (κ1) is 24.1. The van der Waals surface area contributed by atoms with Gasteiger partial charge in [-0.3, -0.25) is 9.59 Å². The number of benzene rings is 3. The first-order valence-electron chi connectivity index (χ1n) is 12.1. The van der Waals surface area contributed by atoms with E-state index in [1.807, 2.05) is 83.6 Å². The van der Waals surface area contributed by atoms with Crippen LogP contribution < -0.4 is 19.7 Å². The fourth-order valence-electron chi connectivity index (χ4n) is 4.84. The fraction of sp³-hybridized carbons (Fsp3) is 0.207. The van der Waals surface area contributed by atoms with E-state index in [0.29, 0.717) is 29.3 Å². The van der Waals surface area contributed by atoms with E-state index in [-0.39, 0.29) is 18.2 Å². The smallest absolute Gasteiger partial charge is 0.229 e. The van der Waals surface area contributed by atoms with Crippen LogP contribution in [0, 0.1) is 5.92 Å². The molecule has 0 aliphatic carbocycles. The van der Waals surface area contributed by atoms with Crippen molar-refractivity contribution < 1.29 is 19.1 Å². The highest BCUT2D eigenvalue weighted by Crippen LogP contribution is 2.43. The molecule has 1 aliphatic rings. The number of rotatable bonds is 7. The van der Waals surface area contributed by atoms with Crippen LogP contribution >= 0.6 is 0 Å². The number of carbonyl (C=O) groups excluding carboxylic acids is 2. The number of ether oxygens (including phenoxy) is 2. The number of hydrogen-bond acceptors (Lipinski definition) is 5. The summed E-state index contributed by atoms with van der Waals surface area (Å²) in [6.07, 6.45) is 5.98. The van der Waals surface area contributed by atoms with E-state index in [0.717, 1.165) is 11.3 Å². The van der Waals surface area contributed by atoms with Gasteiger partial charge in [0.1, 0.15) is 11.5 Å². The van der Waals surface area contributed by atoms with E-state index in [9.17, 15) is 9.59 Å². The molecule has 0 unspecified atom stereocenters. The molecule has 0 bridgehead atoms. The SMILES string of the molecule is COc1ccc(N2C(=O)CC[C@H](C(=O)Nc3ccc(-n4ccnc4)cc3)[C@H]2c2ccccc2OC)cc1. The van der Waals surface area contributed by atoms with Crippen molar-refractivity contribution in [2.45, 2.75) is 18.9 Å². The van der Waals surface area contributed by atoms with Crippen LogP contribution in [0.5, 0.6) is 11.5 Å². The second kappa shape index (κ2) is 10.6. The average molecular weight is 497 g/mol. The van der Waals surface area contributed by atoms with Crippen LogP contribution in [0.4, 0.5) is 11.4 Å². The third-order valence-corrected chi connectivity index (χ3v) is 6.68. The summed E-state index contributed by atoms with van der Waals surface area (Å²) in [7, 11) is 3.19. The summed E-state index contributed by atoms with van der Waals surface area (Å²) in [5.41, 5.74) is 3.10. The van der Waals surface area contributed by atoms with Crippen LogP contribution in [0.2, 0.25) is 0 Å². The number of piperidine rings is 1. The molecule has 3 aromatic carbocycles. The molecule has 0 saturated carbocycles. The lowest BCUT2D eigenvalue weighted by Gasteiger charge is -2.41. The number of anilines is 2. The van der Waals surface area contributed by atoms with Crippen molar-refractivity contribution in [1.29, 1.82) is 0 Å². The number of nitrogens with one attached hydrogen (secondary N) is 1. The van der Waals surface area contributed by atoms with Gasteiger partial charge in [0, 0.05) is 41.4 Å². The van der Waals surface area contributed by atoms with Crippen molar-refractivity contribution >= 4 is 23.2 Å². The molecule has 1 N–H and O–H groups in total. The van der Waals surface area contributed by atoms with Gasteiger partial charge in [0.25, 0.3) is 0 Å². The number of methoxy groups -OCH3 is 2. The predicted octanol–water partition coefficient (Wildman–Crippen LogP) is 5.01.